The number of carbonyl (C=O) groups is 2. The predicted octanol–water partition coefficient (Wildman–Crippen LogP) is 6.66. The van der Waals surface area contributed by atoms with E-state index in [2.05, 4.69) is 66.2 Å². The average Bonchev–Trinajstić information content (AvgIpc) is 2.99. The molecule has 232 valence electrons. The molecule has 0 aromatic heterocycles. The number of nitrogens with one attached hydrogen (secondary N) is 3. The molecule has 0 unspecified atom stereocenters. The number of benzene rings is 2. The van der Waals surface area contributed by atoms with Crippen LogP contribution in [0.25, 0.3) is 0 Å². The molecule has 0 aliphatic heterocycles. The second-order valence-electron chi connectivity index (χ2n) is 12.9. The van der Waals surface area contributed by atoms with Gasteiger partial charge in [0.1, 0.15) is 0 Å². The summed E-state index contributed by atoms with van der Waals surface area (Å²) in [6.45, 7) is 10.8. The van der Waals surface area contributed by atoms with Crippen molar-refractivity contribution in [1.29, 1.82) is 0 Å². The van der Waals surface area contributed by atoms with Crippen molar-refractivity contribution in [3.05, 3.63) is 65.7 Å². The Labute approximate surface area is 254 Å². The van der Waals surface area contributed by atoms with Gasteiger partial charge in [-0.2, -0.15) is 0 Å². The summed E-state index contributed by atoms with van der Waals surface area (Å²) in [7, 11) is 0. The quantitative estimate of drug-likeness (QED) is 0.179. The molecule has 0 saturated heterocycles. The third kappa shape index (κ3) is 10.9. The molecule has 0 spiro atoms. The van der Waals surface area contributed by atoms with Crippen LogP contribution < -0.4 is 16.0 Å². The number of aliphatic hydroxyl groups is 1. The number of anilines is 1. The Morgan fingerprint density at radius 2 is 1.60 bits per heavy atom. The van der Waals surface area contributed by atoms with Gasteiger partial charge in [-0.3, -0.25) is 14.9 Å². The summed E-state index contributed by atoms with van der Waals surface area (Å²) in [5, 5.41) is 21.3. The second kappa shape index (κ2) is 17.4. The minimum Gasteiger partial charge on any atom is -0.391 e. The highest BCUT2D eigenvalue weighted by Gasteiger charge is 2.33. The van der Waals surface area contributed by atoms with Crippen LogP contribution in [0.2, 0.25) is 0 Å². The molecule has 2 amide bonds. The first-order chi connectivity index (χ1) is 20.2. The SMILES string of the molecule is CC[C@H](C)[C@H](NCCc1ccccc1)C(=O)NC(=O)[C@@H](C[C@H](O)[C@H](CC1CCCCC1)Nc1ccc(C)cc1)C(C)C. The van der Waals surface area contributed by atoms with E-state index in [1.54, 1.807) is 0 Å². The second-order valence-corrected chi connectivity index (χ2v) is 12.9. The lowest BCUT2D eigenvalue weighted by Gasteiger charge is -2.33. The Bertz CT molecular complexity index is 1070. The van der Waals surface area contributed by atoms with Crippen LogP contribution in [-0.2, 0) is 16.0 Å². The van der Waals surface area contributed by atoms with Crippen LogP contribution in [0, 0.1) is 30.6 Å². The number of hydrogen-bond donors (Lipinski definition) is 4. The van der Waals surface area contributed by atoms with Gasteiger partial charge >= 0.3 is 0 Å². The molecule has 1 aliphatic rings. The minimum absolute atomic E-state index is 0.0183. The van der Waals surface area contributed by atoms with Gasteiger partial charge in [-0.05, 0) is 68.2 Å². The van der Waals surface area contributed by atoms with Gasteiger partial charge in [0.05, 0.1) is 18.2 Å². The van der Waals surface area contributed by atoms with Crippen molar-refractivity contribution in [2.75, 3.05) is 11.9 Å². The minimum atomic E-state index is -0.712. The number of rotatable bonds is 16. The zero-order valence-electron chi connectivity index (χ0n) is 26.6. The van der Waals surface area contributed by atoms with Gasteiger partial charge in [-0.1, -0.05) is 114 Å². The standard InChI is InChI=1S/C36H55N3O3/c1-6-27(5)34(37-22-21-28-13-9-7-10-14-28)36(42)39-35(41)31(25(2)3)24-33(40)32(23-29-15-11-8-12-16-29)38-30-19-17-26(4)18-20-30/h7,9-10,13-14,17-20,25,27,29,31-34,37-38,40H,6,8,11-12,15-16,21-24H2,1-5H3,(H,39,41,42)/t27-,31-,32-,33-,34-/m0/s1. The van der Waals surface area contributed by atoms with Gasteiger partial charge in [-0.15, -0.1) is 0 Å². The summed E-state index contributed by atoms with van der Waals surface area (Å²) in [6, 6.07) is 17.8. The summed E-state index contributed by atoms with van der Waals surface area (Å²) < 4.78 is 0. The van der Waals surface area contributed by atoms with Crippen molar-refractivity contribution in [1.82, 2.24) is 10.6 Å². The van der Waals surface area contributed by atoms with Gasteiger partial charge in [0.2, 0.25) is 11.8 Å². The first-order valence-electron chi connectivity index (χ1n) is 16.3. The van der Waals surface area contributed by atoms with Gasteiger partial charge in [0.15, 0.2) is 0 Å². The Kier molecular flexibility index (Phi) is 14.0. The number of amides is 2. The predicted molar refractivity (Wildman–Crippen MR) is 173 cm³/mol. The number of imide groups is 1. The Morgan fingerprint density at radius 3 is 2.21 bits per heavy atom. The van der Waals surface area contributed by atoms with Crippen LogP contribution >= 0.6 is 0 Å². The van der Waals surface area contributed by atoms with Crippen molar-refractivity contribution >= 4 is 17.5 Å². The van der Waals surface area contributed by atoms with Crippen LogP contribution in [0.3, 0.4) is 0 Å². The molecular formula is C36H55N3O3. The van der Waals surface area contributed by atoms with Crippen LogP contribution in [0.4, 0.5) is 5.69 Å². The molecule has 1 fully saturated rings. The highest BCUT2D eigenvalue weighted by Crippen LogP contribution is 2.31. The van der Waals surface area contributed by atoms with Gasteiger partial charge in [0, 0.05) is 11.6 Å². The summed E-state index contributed by atoms with van der Waals surface area (Å²) in [6.07, 6.45) is 8.27. The van der Waals surface area contributed by atoms with Crippen LogP contribution in [-0.4, -0.2) is 41.7 Å². The lowest BCUT2D eigenvalue weighted by atomic mass is 9.81. The molecule has 3 rings (SSSR count). The molecule has 0 radical (unpaired) electrons. The molecule has 6 nitrogen and oxygen atoms in total. The number of carbonyl (C=O) groups excluding carboxylic acids is 2. The Balaban J connectivity index is 1.66. The number of aliphatic hydroxyl groups excluding tert-OH is 1. The molecule has 5 atom stereocenters. The first kappa shape index (κ1) is 33.8. The molecule has 2 aromatic carbocycles. The summed E-state index contributed by atoms with van der Waals surface area (Å²) >= 11 is 0. The van der Waals surface area contributed by atoms with E-state index in [9.17, 15) is 14.7 Å². The molecule has 0 heterocycles. The van der Waals surface area contributed by atoms with E-state index in [0.29, 0.717) is 18.9 Å². The maximum absolute atomic E-state index is 13.6. The normalized spacial score (nSPS) is 17.7. The average molecular weight is 578 g/mol. The van der Waals surface area contributed by atoms with E-state index in [-0.39, 0.29) is 29.7 Å². The fraction of sp³-hybridized carbons (Fsp3) is 0.611. The smallest absolute Gasteiger partial charge is 0.243 e. The van der Waals surface area contributed by atoms with Gasteiger partial charge < -0.3 is 15.7 Å². The molecular weight excluding hydrogens is 522 g/mol. The third-order valence-corrected chi connectivity index (χ3v) is 9.18. The van der Waals surface area contributed by atoms with Crippen molar-refractivity contribution in [2.24, 2.45) is 23.7 Å². The van der Waals surface area contributed by atoms with Crippen molar-refractivity contribution < 1.29 is 14.7 Å². The molecule has 1 aliphatic carbocycles. The molecule has 1 saturated carbocycles. The molecule has 42 heavy (non-hydrogen) atoms. The molecule has 2 aromatic rings. The lowest BCUT2D eigenvalue weighted by molar-refractivity contribution is -0.136. The summed E-state index contributed by atoms with van der Waals surface area (Å²) in [5.41, 5.74) is 3.39. The fourth-order valence-corrected chi connectivity index (χ4v) is 6.16. The topological polar surface area (TPSA) is 90.5 Å². The Hall–Kier alpha value is -2.70. The zero-order valence-corrected chi connectivity index (χ0v) is 26.6. The highest BCUT2D eigenvalue weighted by atomic mass is 16.3. The lowest BCUT2D eigenvalue weighted by Crippen LogP contribution is -2.52. The van der Waals surface area contributed by atoms with Crippen LogP contribution in [0.15, 0.2) is 54.6 Å². The van der Waals surface area contributed by atoms with Crippen LogP contribution in [0.5, 0.6) is 0 Å². The summed E-state index contributed by atoms with van der Waals surface area (Å²) in [5.74, 6) is -0.412. The van der Waals surface area contributed by atoms with Gasteiger partial charge in [0.25, 0.3) is 0 Å². The maximum atomic E-state index is 13.6. The van der Waals surface area contributed by atoms with Crippen molar-refractivity contribution in [2.45, 2.75) is 111 Å². The van der Waals surface area contributed by atoms with E-state index < -0.39 is 18.1 Å². The number of aryl methyl sites for hydroxylation is 1. The largest absolute Gasteiger partial charge is 0.391 e. The van der Waals surface area contributed by atoms with E-state index >= 15 is 0 Å². The summed E-state index contributed by atoms with van der Waals surface area (Å²) in [4.78, 5) is 27.0. The van der Waals surface area contributed by atoms with E-state index in [1.807, 2.05) is 39.0 Å². The monoisotopic (exact) mass is 577 g/mol. The van der Waals surface area contributed by atoms with Crippen molar-refractivity contribution in [3.63, 3.8) is 0 Å². The maximum Gasteiger partial charge on any atom is 0.243 e. The highest BCUT2D eigenvalue weighted by molar-refractivity contribution is 5.98. The number of hydrogen-bond acceptors (Lipinski definition) is 5. The van der Waals surface area contributed by atoms with E-state index in [4.69, 9.17) is 0 Å². The van der Waals surface area contributed by atoms with Crippen molar-refractivity contribution in [3.8, 4) is 0 Å². The van der Waals surface area contributed by atoms with Gasteiger partial charge in [-0.25, -0.2) is 0 Å². The molecule has 6 heteroatoms. The van der Waals surface area contributed by atoms with E-state index in [0.717, 1.165) is 24.9 Å². The molecule has 0 bridgehead atoms. The molecule has 4 N–H and O–H groups in total. The fourth-order valence-electron chi connectivity index (χ4n) is 6.16. The Morgan fingerprint density at radius 1 is 0.929 bits per heavy atom. The zero-order chi connectivity index (χ0) is 30.5. The third-order valence-electron chi connectivity index (χ3n) is 9.18. The van der Waals surface area contributed by atoms with Crippen LogP contribution in [0.1, 0.15) is 90.2 Å². The first-order valence-corrected chi connectivity index (χ1v) is 16.3. The van der Waals surface area contributed by atoms with E-state index in [1.165, 1.54) is 43.2 Å².